The molecule has 134 valence electrons. The van der Waals surface area contributed by atoms with Gasteiger partial charge >= 0.3 is 5.97 Å². The van der Waals surface area contributed by atoms with Crippen molar-refractivity contribution < 1.29 is 19.8 Å². The number of Topliss-reactive ketones (excluding diaryl/α,β-unsaturated/α-hetero) is 1. The molecule has 0 aromatic carbocycles. The maximum absolute atomic E-state index is 12.0. The standard InChI is InChI=1S/C20H30O4/c1-2-3-6-9-17(21)14-12-16-13-15-19(22)18(16)10-7-4-5-8-11-20(23)24/h4,7,12,14,17,21H,2-3,5-6,8-11,13,15H2,1H3,(H,23,24)/b7-4+,14-12+/t17-/m0/s1. The highest BCUT2D eigenvalue weighted by Crippen LogP contribution is 2.27. The molecule has 0 bridgehead atoms. The second-order valence-corrected chi connectivity index (χ2v) is 6.31. The highest BCUT2D eigenvalue weighted by molar-refractivity contribution is 5.99. The highest BCUT2D eigenvalue weighted by Gasteiger charge is 2.20. The number of carbonyl (C=O) groups excluding carboxylic acids is 1. The maximum atomic E-state index is 12.0. The number of allylic oxidation sites excluding steroid dienone is 5. The van der Waals surface area contributed by atoms with E-state index >= 15 is 0 Å². The lowest BCUT2D eigenvalue weighted by molar-refractivity contribution is -0.137. The van der Waals surface area contributed by atoms with Crippen molar-refractivity contribution in [3.63, 3.8) is 0 Å². The Kier molecular flexibility index (Phi) is 10.0. The summed E-state index contributed by atoms with van der Waals surface area (Å²) in [5.41, 5.74) is 1.87. The van der Waals surface area contributed by atoms with E-state index in [0.29, 0.717) is 19.3 Å². The number of carbonyl (C=O) groups is 2. The van der Waals surface area contributed by atoms with Crippen LogP contribution in [0, 0.1) is 0 Å². The van der Waals surface area contributed by atoms with Crippen molar-refractivity contribution in [2.24, 2.45) is 0 Å². The van der Waals surface area contributed by atoms with Crippen molar-refractivity contribution >= 4 is 11.8 Å². The van der Waals surface area contributed by atoms with Gasteiger partial charge in [-0.1, -0.05) is 50.5 Å². The van der Waals surface area contributed by atoms with Gasteiger partial charge in [-0.3, -0.25) is 9.59 Å². The van der Waals surface area contributed by atoms with Crippen molar-refractivity contribution in [1.29, 1.82) is 0 Å². The summed E-state index contributed by atoms with van der Waals surface area (Å²) in [5, 5.41) is 18.5. The number of carboxylic acid groups (broad SMARTS) is 1. The lowest BCUT2D eigenvalue weighted by Crippen LogP contribution is -2.01. The molecule has 0 saturated heterocycles. The summed E-state index contributed by atoms with van der Waals surface area (Å²) in [7, 11) is 0. The fourth-order valence-corrected chi connectivity index (χ4v) is 2.78. The Morgan fingerprint density at radius 1 is 1.21 bits per heavy atom. The fraction of sp³-hybridized carbons (Fsp3) is 0.600. The van der Waals surface area contributed by atoms with E-state index in [1.807, 2.05) is 18.2 Å². The molecule has 1 rings (SSSR count). The van der Waals surface area contributed by atoms with E-state index in [1.165, 1.54) is 0 Å². The number of aliphatic hydroxyl groups excluding tert-OH is 1. The van der Waals surface area contributed by atoms with Gasteiger partial charge in [0.2, 0.25) is 0 Å². The van der Waals surface area contributed by atoms with Gasteiger partial charge in [-0.25, -0.2) is 0 Å². The first-order chi connectivity index (χ1) is 11.5. The maximum Gasteiger partial charge on any atom is 0.303 e. The molecule has 0 amide bonds. The second-order valence-electron chi connectivity index (χ2n) is 6.31. The van der Waals surface area contributed by atoms with Crippen LogP contribution in [0.25, 0.3) is 0 Å². The Morgan fingerprint density at radius 3 is 2.71 bits per heavy atom. The van der Waals surface area contributed by atoms with Gasteiger partial charge < -0.3 is 10.2 Å². The molecule has 0 spiro atoms. The van der Waals surface area contributed by atoms with Crippen LogP contribution in [0.2, 0.25) is 0 Å². The van der Waals surface area contributed by atoms with Crippen LogP contribution in [-0.2, 0) is 9.59 Å². The molecule has 0 aromatic rings. The van der Waals surface area contributed by atoms with Gasteiger partial charge in [-0.05, 0) is 37.7 Å². The minimum atomic E-state index is -0.776. The minimum absolute atomic E-state index is 0.176. The van der Waals surface area contributed by atoms with Crippen molar-refractivity contribution in [2.45, 2.75) is 77.2 Å². The van der Waals surface area contributed by atoms with Crippen LogP contribution in [0.5, 0.6) is 0 Å². The molecule has 0 heterocycles. The number of ketones is 1. The van der Waals surface area contributed by atoms with Gasteiger partial charge in [0.1, 0.15) is 0 Å². The molecular formula is C20H30O4. The van der Waals surface area contributed by atoms with Crippen LogP contribution in [-0.4, -0.2) is 28.1 Å². The third kappa shape index (κ3) is 8.25. The van der Waals surface area contributed by atoms with Crippen molar-refractivity contribution in [1.82, 2.24) is 0 Å². The Hall–Kier alpha value is -1.68. The molecule has 0 saturated carbocycles. The Labute approximate surface area is 145 Å². The predicted octanol–water partition coefficient (Wildman–Crippen LogP) is 4.34. The lowest BCUT2D eigenvalue weighted by Gasteiger charge is -2.05. The fourth-order valence-electron chi connectivity index (χ4n) is 2.78. The molecule has 0 aromatic heterocycles. The molecule has 1 aliphatic rings. The van der Waals surface area contributed by atoms with Crippen LogP contribution < -0.4 is 0 Å². The van der Waals surface area contributed by atoms with E-state index < -0.39 is 12.1 Å². The summed E-state index contributed by atoms with van der Waals surface area (Å²) in [6.07, 6.45) is 14.6. The zero-order valence-corrected chi connectivity index (χ0v) is 14.7. The predicted molar refractivity (Wildman–Crippen MR) is 95.8 cm³/mol. The quantitative estimate of drug-likeness (QED) is 0.411. The zero-order chi connectivity index (χ0) is 17.8. The monoisotopic (exact) mass is 334 g/mol. The largest absolute Gasteiger partial charge is 0.481 e. The molecule has 2 N–H and O–H groups in total. The van der Waals surface area contributed by atoms with Crippen LogP contribution in [0.3, 0.4) is 0 Å². The molecule has 4 heteroatoms. The Balaban J connectivity index is 2.48. The summed E-state index contributed by atoms with van der Waals surface area (Å²) in [6.45, 7) is 2.14. The van der Waals surface area contributed by atoms with E-state index in [4.69, 9.17) is 5.11 Å². The third-order valence-corrected chi connectivity index (χ3v) is 4.22. The number of hydrogen-bond donors (Lipinski definition) is 2. The first kappa shape index (κ1) is 20.4. The van der Waals surface area contributed by atoms with Crippen LogP contribution in [0.1, 0.15) is 71.1 Å². The molecule has 1 aliphatic carbocycles. The van der Waals surface area contributed by atoms with E-state index in [2.05, 4.69) is 6.92 Å². The summed E-state index contributed by atoms with van der Waals surface area (Å²) >= 11 is 0. The van der Waals surface area contributed by atoms with Gasteiger partial charge in [0.05, 0.1) is 6.10 Å². The third-order valence-electron chi connectivity index (χ3n) is 4.22. The normalized spacial score (nSPS) is 16.7. The topological polar surface area (TPSA) is 74.6 Å². The summed E-state index contributed by atoms with van der Waals surface area (Å²) < 4.78 is 0. The number of rotatable bonds is 12. The van der Waals surface area contributed by atoms with Crippen molar-refractivity contribution in [2.75, 3.05) is 0 Å². The van der Waals surface area contributed by atoms with Gasteiger partial charge in [0.25, 0.3) is 0 Å². The Morgan fingerprint density at radius 2 is 2.00 bits per heavy atom. The average molecular weight is 334 g/mol. The smallest absolute Gasteiger partial charge is 0.303 e. The number of hydrogen-bond acceptors (Lipinski definition) is 3. The highest BCUT2D eigenvalue weighted by atomic mass is 16.4. The van der Waals surface area contributed by atoms with Gasteiger partial charge in [0.15, 0.2) is 5.78 Å². The van der Waals surface area contributed by atoms with Crippen molar-refractivity contribution in [3.8, 4) is 0 Å². The van der Waals surface area contributed by atoms with Crippen LogP contribution >= 0.6 is 0 Å². The molecule has 0 unspecified atom stereocenters. The summed E-state index contributed by atoms with van der Waals surface area (Å²) in [6, 6.07) is 0. The first-order valence-electron chi connectivity index (χ1n) is 9.02. The second kappa shape index (κ2) is 11.8. The van der Waals surface area contributed by atoms with Crippen molar-refractivity contribution in [3.05, 3.63) is 35.5 Å². The summed E-state index contributed by atoms with van der Waals surface area (Å²) in [4.78, 5) is 22.4. The van der Waals surface area contributed by atoms with Gasteiger partial charge in [0, 0.05) is 18.4 Å². The molecule has 4 nitrogen and oxygen atoms in total. The number of aliphatic carboxylic acids is 1. The average Bonchev–Trinajstić information content (AvgIpc) is 2.89. The molecule has 24 heavy (non-hydrogen) atoms. The molecular weight excluding hydrogens is 304 g/mol. The molecule has 1 atom stereocenters. The summed E-state index contributed by atoms with van der Waals surface area (Å²) in [5.74, 6) is -0.590. The number of aliphatic hydroxyl groups is 1. The number of unbranched alkanes of at least 4 members (excludes halogenated alkanes) is 3. The Bertz CT molecular complexity index is 500. The van der Waals surface area contributed by atoms with Gasteiger partial charge in [-0.15, -0.1) is 0 Å². The minimum Gasteiger partial charge on any atom is -0.481 e. The van der Waals surface area contributed by atoms with E-state index in [9.17, 15) is 14.7 Å². The van der Waals surface area contributed by atoms with Gasteiger partial charge in [-0.2, -0.15) is 0 Å². The molecule has 0 radical (unpaired) electrons. The van der Waals surface area contributed by atoms with E-state index in [0.717, 1.165) is 49.7 Å². The number of carboxylic acids is 1. The molecule has 0 fully saturated rings. The van der Waals surface area contributed by atoms with E-state index in [1.54, 1.807) is 6.08 Å². The van der Waals surface area contributed by atoms with E-state index in [-0.39, 0.29) is 12.2 Å². The first-order valence-corrected chi connectivity index (χ1v) is 9.02. The molecule has 0 aliphatic heterocycles. The zero-order valence-electron chi connectivity index (χ0n) is 14.7. The van der Waals surface area contributed by atoms with Crippen LogP contribution in [0.15, 0.2) is 35.5 Å². The van der Waals surface area contributed by atoms with Crippen LogP contribution in [0.4, 0.5) is 0 Å². The SMILES string of the molecule is CCCCC[C@H](O)/C=C/C1=C(C/C=C/CCCC(=O)O)C(=O)CC1. The lowest BCUT2D eigenvalue weighted by atomic mass is 10.0.